The number of benzene rings is 1. The molecule has 0 fully saturated rings. The fourth-order valence-electron chi connectivity index (χ4n) is 1.18. The average Bonchev–Trinajstić information content (AvgIpc) is 2.04. The Morgan fingerprint density at radius 3 is 2.83 bits per heavy atom. The highest BCUT2D eigenvalue weighted by Gasteiger charge is 1.99. The number of aromatic nitrogens is 1. The highest BCUT2D eigenvalue weighted by atomic mass is 79.9. The smallest absolute Gasteiger partial charge is 0.125 e. The maximum absolute atomic E-state index is 5.58. The molecule has 2 aromatic rings. The van der Waals surface area contributed by atoms with Crippen molar-refractivity contribution in [1.29, 1.82) is 0 Å². The normalized spacial score (nSPS) is 10.4. The Hall–Kier alpha value is -1.09. The van der Waals surface area contributed by atoms with E-state index in [9.17, 15) is 0 Å². The summed E-state index contributed by atoms with van der Waals surface area (Å²) in [5.74, 6) is 0.542. The van der Waals surface area contributed by atoms with Gasteiger partial charge in [-0.2, -0.15) is 0 Å². The van der Waals surface area contributed by atoms with Crippen LogP contribution in [0, 0.1) is 0 Å². The zero-order valence-electron chi connectivity index (χ0n) is 6.29. The molecular formula is C9H7BrN2. The van der Waals surface area contributed by atoms with Crippen molar-refractivity contribution >= 4 is 32.5 Å². The Kier molecular flexibility index (Phi) is 1.73. The van der Waals surface area contributed by atoms with Crippen LogP contribution in [0.25, 0.3) is 10.8 Å². The van der Waals surface area contributed by atoms with Crippen LogP contribution in [-0.4, -0.2) is 4.98 Å². The summed E-state index contributed by atoms with van der Waals surface area (Å²) in [7, 11) is 0. The van der Waals surface area contributed by atoms with Gasteiger partial charge in [0.1, 0.15) is 10.4 Å². The number of nitrogens with two attached hydrogens (primary N) is 1. The van der Waals surface area contributed by atoms with Crippen molar-refractivity contribution < 1.29 is 0 Å². The van der Waals surface area contributed by atoms with E-state index >= 15 is 0 Å². The third kappa shape index (κ3) is 1.16. The van der Waals surface area contributed by atoms with E-state index in [1.54, 1.807) is 0 Å². The first kappa shape index (κ1) is 7.55. The lowest BCUT2D eigenvalue weighted by atomic mass is 10.2. The van der Waals surface area contributed by atoms with Crippen molar-refractivity contribution in [1.82, 2.24) is 4.98 Å². The number of nitrogens with zero attached hydrogens (tertiary/aromatic N) is 1. The van der Waals surface area contributed by atoms with Crippen LogP contribution >= 0.6 is 15.9 Å². The quantitative estimate of drug-likeness (QED) is 0.697. The first-order valence-electron chi connectivity index (χ1n) is 3.58. The first-order valence-corrected chi connectivity index (χ1v) is 4.37. The molecule has 2 N–H and O–H groups in total. The first-order chi connectivity index (χ1) is 5.77. The topological polar surface area (TPSA) is 38.9 Å². The molecular weight excluding hydrogens is 216 g/mol. The lowest BCUT2D eigenvalue weighted by molar-refractivity contribution is 1.32. The highest BCUT2D eigenvalue weighted by molar-refractivity contribution is 9.10. The molecule has 0 saturated heterocycles. The van der Waals surface area contributed by atoms with Gasteiger partial charge in [-0.3, -0.25) is 0 Å². The number of anilines is 1. The van der Waals surface area contributed by atoms with Gasteiger partial charge in [-0.1, -0.05) is 24.3 Å². The summed E-state index contributed by atoms with van der Waals surface area (Å²) in [6, 6.07) is 9.84. The van der Waals surface area contributed by atoms with Crippen molar-refractivity contribution in [2.24, 2.45) is 0 Å². The molecule has 2 rings (SSSR count). The summed E-state index contributed by atoms with van der Waals surface area (Å²) in [5, 5.41) is 2.20. The van der Waals surface area contributed by atoms with Gasteiger partial charge in [-0.05, 0) is 27.4 Å². The van der Waals surface area contributed by atoms with E-state index in [1.165, 1.54) is 0 Å². The van der Waals surface area contributed by atoms with Gasteiger partial charge in [0.25, 0.3) is 0 Å². The molecule has 0 unspecified atom stereocenters. The number of hydrogen-bond donors (Lipinski definition) is 1. The number of hydrogen-bond acceptors (Lipinski definition) is 2. The van der Waals surface area contributed by atoms with Crippen LogP contribution in [0.4, 0.5) is 5.82 Å². The van der Waals surface area contributed by atoms with E-state index < -0.39 is 0 Å². The van der Waals surface area contributed by atoms with Crippen molar-refractivity contribution in [2.75, 3.05) is 5.73 Å². The Labute approximate surface area is 78.5 Å². The fraction of sp³-hybridized carbons (Fsp3) is 0. The molecule has 3 heteroatoms. The molecule has 1 aromatic carbocycles. The average molecular weight is 223 g/mol. The lowest BCUT2D eigenvalue weighted by Crippen LogP contribution is -1.90. The van der Waals surface area contributed by atoms with Crippen LogP contribution in [0.15, 0.2) is 34.9 Å². The van der Waals surface area contributed by atoms with Gasteiger partial charge in [-0.15, -0.1) is 0 Å². The zero-order chi connectivity index (χ0) is 8.55. The molecule has 0 spiro atoms. The molecule has 1 heterocycles. The van der Waals surface area contributed by atoms with Gasteiger partial charge in [0, 0.05) is 5.39 Å². The number of rotatable bonds is 0. The Morgan fingerprint density at radius 2 is 2.00 bits per heavy atom. The van der Waals surface area contributed by atoms with Gasteiger partial charge in [0.15, 0.2) is 0 Å². The van der Waals surface area contributed by atoms with Crippen LogP contribution < -0.4 is 5.73 Å². The van der Waals surface area contributed by atoms with Gasteiger partial charge in [0.2, 0.25) is 0 Å². The Morgan fingerprint density at radius 1 is 1.25 bits per heavy atom. The third-order valence-corrected chi connectivity index (χ3v) is 2.32. The molecule has 0 aliphatic heterocycles. The van der Waals surface area contributed by atoms with Crippen LogP contribution in [0.2, 0.25) is 0 Å². The molecule has 60 valence electrons. The SMILES string of the molecule is Nc1cc2ccccc2c(Br)n1. The second-order valence-corrected chi connectivity index (χ2v) is 3.31. The van der Waals surface area contributed by atoms with E-state index in [0.717, 1.165) is 15.4 Å². The van der Waals surface area contributed by atoms with E-state index in [4.69, 9.17) is 5.73 Å². The van der Waals surface area contributed by atoms with Crippen molar-refractivity contribution in [2.45, 2.75) is 0 Å². The summed E-state index contributed by atoms with van der Waals surface area (Å²) >= 11 is 3.36. The fourth-order valence-corrected chi connectivity index (χ4v) is 1.74. The maximum atomic E-state index is 5.58. The van der Waals surface area contributed by atoms with Gasteiger partial charge in [0.05, 0.1) is 0 Å². The monoisotopic (exact) mass is 222 g/mol. The molecule has 0 radical (unpaired) electrons. The van der Waals surface area contributed by atoms with Crippen LogP contribution in [-0.2, 0) is 0 Å². The summed E-state index contributed by atoms with van der Waals surface area (Å²) in [5.41, 5.74) is 5.58. The van der Waals surface area contributed by atoms with E-state index in [0.29, 0.717) is 5.82 Å². The van der Waals surface area contributed by atoms with Gasteiger partial charge in [-0.25, -0.2) is 4.98 Å². The number of halogens is 1. The zero-order valence-corrected chi connectivity index (χ0v) is 7.88. The second-order valence-electron chi connectivity index (χ2n) is 2.56. The molecule has 1 aromatic heterocycles. The highest BCUT2D eigenvalue weighted by Crippen LogP contribution is 2.23. The summed E-state index contributed by atoms with van der Waals surface area (Å²) in [6.07, 6.45) is 0. The molecule has 0 aliphatic rings. The van der Waals surface area contributed by atoms with Gasteiger partial charge >= 0.3 is 0 Å². The largest absolute Gasteiger partial charge is 0.384 e. The van der Waals surface area contributed by atoms with Crippen LogP contribution in [0.3, 0.4) is 0 Å². The number of fused-ring (bicyclic) bond motifs is 1. The Balaban J connectivity index is 2.89. The summed E-state index contributed by atoms with van der Waals surface area (Å²) in [4.78, 5) is 4.10. The summed E-state index contributed by atoms with van der Waals surface area (Å²) < 4.78 is 0.804. The summed E-state index contributed by atoms with van der Waals surface area (Å²) in [6.45, 7) is 0. The van der Waals surface area contributed by atoms with E-state index in [-0.39, 0.29) is 0 Å². The maximum Gasteiger partial charge on any atom is 0.125 e. The van der Waals surface area contributed by atoms with E-state index in [2.05, 4.69) is 20.9 Å². The molecule has 0 amide bonds. The minimum atomic E-state index is 0.542. The predicted molar refractivity (Wildman–Crippen MR) is 53.9 cm³/mol. The van der Waals surface area contributed by atoms with Crippen LogP contribution in [0.1, 0.15) is 0 Å². The standard InChI is InChI=1S/C9H7BrN2/c10-9-7-4-2-1-3-6(7)5-8(11)12-9/h1-5H,(H2,11,12). The van der Waals surface area contributed by atoms with Gasteiger partial charge < -0.3 is 5.73 Å². The van der Waals surface area contributed by atoms with E-state index in [1.807, 2.05) is 30.3 Å². The van der Waals surface area contributed by atoms with Crippen LogP contribution in [0.5, 0.6) is 0 Å². The number of nitrogen functional groups attached to an aromatic ring is 1. The van der Waals surface area contributed by atoms with Crippen molar-refractivity contribution in [3.05, 3.63) is 34.9 Å². The number of pyridine rings is 1. The minimum absolute atomic E-state index is 0.542. The predicted octanol–water partition coefficient (Wildman–Crippen LogP) is 2.58. The third-order valence-electron chi connectivity index (χ3n) is 1.71. The molecule has 0 bridgehead atoms. The second kappa shape index (κ2) is 2.75. The lowest BCUT2D eigenvalue weighted by Gasteiger charge is -2.00. The Bertz CT molecular complexity index is 426. The molecule has 0 atom stereocenters. The van der Waals surface area contributed by atoms with Crippen molar-refractivity contribution in [3.8, 4) is 0 Å². The molecule has 0 aliphatic carbocycles. The van der Waals surface area contributed by atoms with Crippen molar-refractivity contribution in [3.63, 3.8) is 0 Å². The minimum Gasteiger partial charge on any atom is -0.384 e. The molecule has 0 saturated carbocycles. The molecule has 2 nitrogen and oxygen atoms in total. The molecule has 12 heavy (non-hydrogen) atoms.